The number of nitrogens with one attached hydrogen (secondary N) is 2. The van der Waals surface area contributed by atoms with Gasteiger partial charge >= 0.3 is 17.8 Å². The van der Waals surface area contributed by atoms with E-state index in [-0.39, 0.29) is 24.5 Å². The monoisotopic (exact) mass is 444 g/mol. The predicted molar refractivity (Wildman–Crippen MR) is 108 cm³/mol. The van der Waals surface area contributed by atoms with Crippen LogP contribution in [0, 0.1) is 0 Å². The number of para-hydroxylation sites is 1. The van der Waals surface area contributed by atoms with Crippen LogP contribution >= 0.6 is 0 Å². The zero-order chi connectivity index (χ0) is 22.9. The maximum absolute atomic E-state index is 13.1. The Bertz CT molecular complexity index is 1180. The summed E-state index contributed by atoms with van der Waals surface area (Å²) < 4.78 is 44.6. The molecule has 1 unspecified atom stereocenters. The number of rotatable bonds is 7. The van der Waals surface area contributed by atoms with Crippen LogP contribution in [0.2, 0.25) is 0 Å². The molecule has 10 heteroatoms. The van der Waals surface area contributed by atoms with Gasteiger partial charge in [0.2, 0.25) is 5.91 Å². The van der Waals surface area contributed by atoms with Crippen molar-refractivity contribution in [1.29, 1.82) is 0 Å². The zero-order valence-electron chi connectivity index (χ0n) is 16.9. The molecule has 3 aromatic rings. The maximum atomic E-state index is 13.1. The molecule has 1 aliphatic heterocycles. The molecule has 0 radical (unpaired) electrons. The lowest BCUT2D eigenvalue weighted by Crippen LogP contribution is -2.42. The van der Waals surface area contributed by atoms with E-state index in [1.165, 1.54) is 31.2 Å². The first-order chi connectivity index (χ1) is 15.2. The van der Waals surface area contributed by atoms with Gasteiger partial charge in [-0.15, -0.1) is 10.2 Å². The largest absolute Gasteiger partial charge is 0.459 e. The summed E-state index contributed by atoms with van der Waals surface area (Å²) in [6, 6.07) is 12.0. The number of nitrogens with zero attached hydrogens (tertiary/aromatic N) is 2. The van der Waals surface area contributed by atoms with Crippen LogP contribution in [0.15, 0.2) is 65.0 Å². The molecule has 4 rings (SSSR count). The number of ether oxygens (including phenoxy) is 1. The van der Waals surface area contributed by atoms with Crippen molar-refractivity contribution in [2.45, 2.75) is 37.8 Å². The Kier molecular flexibility index (Phi) is 5.45. The summed E-state index contributed by atoms with van der Waals surface area (Å²) in [4.78, 5) is 27.4. The number of esters is 1. The van der Waals surface area contributed by atoms with E-state index in [1.54, 1.807) is 6.20 Å². The van der Waals surface area contributed by atoms with E-state index in [0.29, 0.717) is 5.56 Å². The fourth-order valence-corrected chi connectivity index (χ4v) is 3.49. The molecule has 2 N–H and O–H groups in total. The molecule has 0 aliphatic carbocycles. The first-order valence-corrected chi connectivity index (χ1v) is 9.78. The van der Waals surface area contributed by atoms with Gasteiger partial charge in [-0.2, -0.15) is 13.2 Å². The van der Waals surface area contributed by atoms with E-state index < -0.39 is 23.9 Å². The van der Waals surface area contributed by atoms with Crippen LogP contribution in [0.5, 0.6) is 0 Å². The second-order valence-corrected chi connectivity index (χ2v) is 7.49. The third-order valence-corrected chi connectivity index (χ3v) is 5.19. The Morgan fingerprint density at radius 3 is 2.44 bits per heavy atom. The first kappa shape index (κ1) is 21.5. The molecule has 1 aliphatic rings. The van der Waals surface area contributed by atoms with Gasteiger partial charge in [0, 0.05) is 36.0 Å². The number of H-pyrrole nitrogens is 1. The molecule has 2 heterocycles. The summed E-state index contributed by atoms with van der Waals surface area (Å²) in [6.07, 6.45) is -2.61. The van der Waals surface area contributed by atoms with Gasteiger partial charge in [-0.05, 0) is 17.2 Å². The number of hydrogen-bond acceptors (Lipinski definition) is 5. The number of aromatic amines is 1. The summed E-state index contributed by atoms with van der Waals surface area (Å²) >= 11 is 0. The fourth-order valence-electron chi connectivity index (χ4n) is 3.49. The van der Waals surface area contributed by atoms with Crippen LogP contribution in [-0.4, -0.2) is 29.1 Å². The molecule has 32 heavy (non-hydrogen) atoms. The van der Waals surface area contributed by atoms with E-state index in [9.17, 15) is 22.8 Å². The van der Waals surface area contributed by atoms with Gasteiger partial charge < -0.3 is 15.0 Å². The Morgan fingerprint density at radius 1 is 1.12 bits per heavy atom. The lowest BCUT2D eigenvalue weighted by molar-refractivity contribution is -0.166. The number of hydrogen-bond donors (Lipinski definition) is 2. The van der Waals surface area contributed by atoms with Crippen LogP contribution in [0.25, 0.3) is 10.9 Å². The average molecular weight is 444 g/mol. The summed E-state index contributed by atoms with van der Waals surface area (Å²) in [7, 11) is 0. The molecule has 0 spiro atoms. The third-order valence-electron chi connectivity index (χ3n) is 5.19. The van der Waals surface area contributed by atoms with Crippen molar-refractivity contribution in [2.24, 2.45) is 10.2 Å². The van der Waals surface area contributed by atoms with Crippen molar-refractivity contribution < 1.29 is 27.5 Å². The number of alkyl halides is 3. The van der Waals surface area contributed by atoms with Gasteiger partial charge in [0.05, 0.1) is 0 Å². The highest BCUT2D eigenvalue weighted by Gasteiger charge is 2.65. The molecule has 1 aromatic heterocycles. The molecule has 0 bridgehead atoms. The van der Waals surface area contributed by atoms with E-state index in [4.69, 9.17) is 4.74 Å². The molecule has 0 saturated heterocycles. The van der Waals surface area contributed by atoms with Crippen LogP contribution < -0.4 is 5.32 Å². The van der Waals surface area contributed by atoms with Crippen molar-refractivity contribution in [2.75, 3.05) is 0 Å². The molecule has 7 nitrogen and oxygen atoms in total. The smallest absolute Gasteiger partial charge is 0.442 e. The number of halogens is 3. The Hall–Kier alpha value is -3.69. The lowest BCUT2D eigenvalue weighted by atomic mass is 10.0. The first-order valence-electron chi connectivity index (χ1n) is 9.78. The zero-order valence-corrected chi connectivity index (χ0v) is 16.9. The lowest BCUT2D eigenvalue weighted by Gasteiger charge is -2.17. The van der Waals surface area contributed by atoms with Gasteiger partial charge in [0.25, 0.3) is 0 Å². The van der Waals surface area contributed by atoms with Crippen molar-refractivity contribution in [3.05, 3.63) is 71.4 Å². The quantitative estimate of drug-likeness (QED) is 0.536. The topological polar surface area (TPSA) is 95.9 Å². The van der Waals surface area contributed by atoms with Crippen molar-refractivity contribution >= 4 is 22.8 Å². The summed E-state index contributed by atoms with van der Waals surface area (Å²) in [6.45, 7) is 1.15. The van der Waals surface area contributed by atoms with Crippen molar-refractivity contribution in [1.82, 2.24) is 10.3 Å². The van der Waals surface area contributed by atoms with Gasteiger partial charge in [-0.3, -0.25) is 4.79 Å². The number of carbonyl (C=O) groups is 2. The highest BCUT2D eigenvalue weighted by atomic mass is 19.4. The number of carbonyl (C=O) groups excluding carboxylic acids is 2. The van der Waals surface area contributed by atoms with Crippen LogP contribution in [0.4, 0.5) is 13.2 Å². The molecule has 1 amide bonds. The van der Waals surface area contributed by atoms with E-state index in [2.05, 4.69) is 20.5 Å². The van der Waals surface area contributed by atoms with Crippen molar-refractivity contribution in [3.63, 3.8) is 0 Å². The molecular weight excluding hydrogens is 425 g/mol. The highest BCUT2D eigenvalue weighted by molar-refractivity contribution is 5.86. The van der Waals surface area contributed by atoms with E-state index in [0.717, 1.165) is 16.5 Å². The van der Waals surface area contributed by atoms with Gasteiger partial charge in [0.15, 0.2) is 0 Å². The van der Waals surface area contributed by atoms with Gasteiger partial charge in [-0.1, -0.05) is 42.5 Å². The Morgan fingerprint density at radius 2 is 1.81 bits per heavy atom. The van der Waals surface area contributed by atoms with Gasteiger partial charge in [0.1, 0.15) is 12.6 Å². The third kappa shape index (κ3) is 4.20. The van der Waals surface area contributed by atoms with Crippen LogP contribution in [-0.2, 0) is 33.0 Å². The normalized spacial score (nSPS) is 15.4. The number of aromatic nitrogens is 1. The summed E-state index contributed by atoms with van der Waals surface area (Å²) in [5, 5.41) is 9.84. The predicted octanol–water partition coefficient (Wildman–Crippen LogP) is 4.14. The number of amides is 1. The maximum Gasteiger partial charge on any atom is 0.442 e. The Balaban J connectivity index is 1.42. The number of benzene rings is 2. The van der Waals surface area contributed by atoms with Crippen molar-refractivity contribution in [3.8, 4) is 0 Å². The second-order valence-electron chi connectivity index (χ2n) is 7.49. The van der Waals surface area contributed by atoms with Crippen LogP contribution in [0.3, 0.4) is 0 Å². The summed E-state index contributed by atoms with van der Waals surface area (Å²) in [5.74, 6) is -1.03. The molecule has 2 aromatic carbocycles. The fraction of sp³-hybridized carbons (Fsp3) is 0.273. The second kappa shape index (κ2) is 8.10. The van der Waals surface area contributed by atoms with E-state index in [1.807, 2.05) is 24.3 Å². The average Bonchev–Trinajstić information content (AvgIpc) is 3.49. The molecule has 0 fully saturated rings. The standard InChI is InChI=1S/C22H19F3N4O3/c1-13(30)27-19(10-15-11-26-18-5-3-2-4-17(15)18)20(31)32-12-14-6-8-16(9-7-14)21(28-29-21)22(23,24)25/h2-9,11,19,26H,10,12H2,1H3,(H,27,30). The minimum atomic E-state index is -4.60. The minimum Gasteiger partial charge on any atom is -0.459 e. The van der Waals surface area contributed by atoms with Gasteiger partial charge in [-0.25, -0.2) is 4.79 Å². The SMILES string of the molecule is CC(=O)NC(Cc1c[nH]c2ccccc12)C(=O)OCc1ccc(C2(C(F)(F)F)N=N2)cc1. The molecule has 1 atom stereocenters. The number of fused-ring (bicyclic) bond motifs is 1. The molecular formula is C22H19F3N4O3. The summed E-state index contributed by atoms with van der Waals surface area (Å²) in [5.41, 5.74) is -0.347. The molecule has 166 valence electrons. The minimum absolute atomic E-state index is 0.101. The highest BCUT2D eigenvalue weighted by Crippen LogP contribution is 2.52. The Labute approximate surface area is 180 Å². The van der Waals surface area contributed by atoms with E-state index >= 15 is 0 Å². The van der Waals surface area contributed by atoms with Crippen LogP contribution in [0.1, 0.15) is 23.6 Å². The molecule has 0 saturated carbocycles.